The van der Waals surface area contributed by atoms with E-state index in [1.54, 1.807) is 24.3 Å². The minimum absolute atomic E-state index is 0.0199. The lowest BCUT2D eigenvalue weighted by Gasteiger charge is -2.06. The second-order valence-electron chi connectivity index (χ2n) is 4.10. The van der Waals surface area contributed by atoms with Crippen LogP contribution in [0.5, 0.6) is 5.75 Å². The van der Waals surface area contributed by atoms with Gasteiger partial charge in [-0.1, -0.05) is 35.9 Å². The number of aryl methyl sites for hydroxylation is 1. The Hall–Kier alpha value is -2.23. The van der Waals surface area contributed by atoms with Crippen LogP contribution in [-0.4, -0.2) is 12.4 Å². The standard InChI is InChI=1S/C15H12F2O2/c1-10-4-2-5-11(8-10)14(18)12-6-3-7-13(9-12)19-15(16)17/h2-9,15H,1H3. The Labute approximate surface area is 109 Å². The molecule has 0 bridgehead atoms. The maximum Gasteiger partial charge on any atom is 0.387 e. The van der Waals surface area contributed by atoms with Crippen LogP contribution < -0.4 is 4.74 Å². The Balaban J connectivity index is 2.29. The molecule has 0 atom stereocenters. The van der Waals surface area contributed by atoms with E-state index in [2.05, 4.69) is 4.74 Å². The molecule has 0 N–H and O–H groups in total. The summed E-state index contributed by atoms with van der Waals surface area (Å²) in [5, 5.41) is 0. The van der Waals surface area contributed by atoms with Gasteiger partial charge in [-0.2, -0.15) is 8.78 Å². The van der Waals surface area contributed by atoms with Gasteiger partial charge in [-0.3, -0.25) is 4.79 Å². The van der Waals surface area contributed by atoms with Crippen LogP contribution in [0.15, 0.2) is 48.5 Å². The SMILES string of the molecule is Cc1cccc(C(=O)c2cccc(OC(F)F)c2)c1. The van der Waals surface area contributed by atoms with Gasteiger partial charge in [0.05, 0.1) is 0 Å². The number of carbonyl (C=O) groups is 1. The Morgan fingerprint density at radius 3 is 2.32 bits per heavy atom. The van der Waals surface area contributed by atoms with Crippen LogP contribution in [0.3, 0.4) is 0 Å². The first kappa shape index (κ1) is 13.2. The monoisotopic (exact) mass is 262 g/mol. The zero-order chi connectivity index (χ0) is 13.8. The zero-order valence-electron chi connectivity index (χ0n) is 10.3. The summed E-state index contributed by atoms with van der Waals surface area (Å²) in [6.45, 7) is -1.02. The number of hydrogen-bond acceptors (Lipinski definition) is 2. The molecule has 2 aromatic carbocycles. The van der Waals surface area contributed by atoms with Crippen molar-refractivity contribution in [2.75, 3.05) is 0 Å². The van der Waals surface area contributed by atoms with E-state index in [1.807, 2.05) is 13.0 Å². The minimum Gasteiger partial charge on any atom is -0.435 e. The minimum atomic E-state index is -2.90. The Bertz CT molecular complexity index is 594. The fourth-order valence-corrected chi connectivity index (χ4v) is 1.77. The van der Waals surface area contributed by atoms with Crippen LogP contribution >= 0.6 is 0 Å². The van der Waals surface area contributed by atoms with E-state index in [9.17, 15) is 13.6 Å². The Kier molecular flexibility index (Phi) is 3.90. The molecular formula is C15H12F2O2. The normalized spacial score (nSPS) is 10.5. The number of halogens is 2. The highest BCUT2D eigenvalue weighted by molar-refractivity contribution is 6.09. The molecule has 98 valence electrons. The third-order valence-electron chi connectivity index (χ3n) is 2.60. The van der Waals surface area contributed by atoms with Gasteiger partial charge in [-0.05, 0) is 25.1 Å². The molecular weight excluding hydrogens is 250 g/mol. The lowest BCUT2D eigenvalue weighted by Crippen LogP contribution is -2.05. The summed E-state index contributed by atoms with van der Waals surface area (Å²) in [5.41, 5.74) is 1.81. The molecule has 0 saturated heterocycles. The van der Waals surface area contributed by atoms with Crippen molar-refractivity contribution in [2.24, 2.45) is 0 Å². The number of rotatable bonds is 4. The van der Waals surface area contributed by atoms with Crippen molar-refractivity contribution in [3.8, 4) is 5.75 Å². The van der Waals surface area contributed by atoms with Crippen LogP contribution in [-0.2, 0) is 0 Å². The number of alkyl halides is 2. The second-order valence-corrected chi connectivity index (χ2v) is 4.10. The van der Waals surface area contributed by atoms with Gasteiger partial charge >= 0.3 is 6.61 Å². The molecule has 0 saturated carbocycles. The first-order chi connectivity index (χ1) is 9.06. The molecule has 2 nitrogen and oxygen atoms in total. The van der Waals surface area contributed by atoms with E-state index in [0.717, 1.165) is 5.56 Å². The Morgan fingerprint density at radius 1 is 1.05 bits per heavy atom. The van der Waals surface area contributed by atoms with Crippen molar-refractivity contribution in [1.29, 1.82) is 0 Å². The molecule has 0 fully saturated rings. The van der Waals surface area contributed by atoms with E-state index in [0.29, 0.717) is 11.1 Å². The number of ether oxygens (including phenoxy) is 1. The summed E-state index contributed by atoms with van der Waals surface area (Å²) in [6, 6.07) is 12.9. The van der Waals surface area contributed by atoms with Gasteiger partial charge in [-0.15, -0.1) is 0 Å². The van der Waals surface area contributed by atoms with E-state index < -0.39 is 6.61 Å². The van der Waals surface area contributed by atoms with Gasteiger partial charge in [0.2, 0.25) is 0 Å². The number of ketones is 1. The number of hydrogen-bond donors (Lipinski definition) is 0. The highest BCUT2D eigenvalue weighted by Crippen LogP contribution is 2.19. The van der Waals surface area contributed by atoms with Gasteiger partial charge < -0.3 is 4.74 Å². The zero-order valence-corrected chi connectivity index (χ0v) is 10.3. The van der Waals surface area contributed by atoms with E-state index >= 15 is 0 Å². The van der Waals surface area contributed by atoms with Crippen molar-refractivity contribution in [1.82, 2.24) is 0 Å². The molecule has 0 heterocycles. The van der Waals surface area contributed by atoms with Crippen molar-refractivity contribution < 1.29 is 18.3 Å². The third-order valence-corrected chi connectivity index (χ3v) is 2.60. The van der Waals surface area contributed by atoms with Crippen molar-refractivity contribution in [2.45, 2.75) is 13.5 Å². The van der Waals surface area contributed by atoms with Crippen molar-refractivity contribution in [3.05, 3.63) is 65.2 Å². The third kappa shape index (κ3) is 3.37. The van der Waals surface area contributed by atoms with Crippen LogP contribution in [0.2, 0.25) is 0 Å². The molecule has 0 aromatic heterocycles. The smallest absolute Gasteiger partial charge is 0.387 e. The maximum absolute atomic E-state index is 12.2. The fourth-order valence-electron chi connectivity index (χ4n) is 1.77. The second kappa shape index (κ2) is 5.61. The molecule has 0 amide bonds. The molecule has 0 unspecified atom stereocenters. The average molecular weight is 262 g/mol. The summed E-state index contributed by atoms with van der Waals surface area (Å²) in [7, 11) is 0. The molecule has 0 radical (unpaired) electrons. The molecule has 2 aromatic rings. The van der Waals surface area contributed by atoms with Gasteiger partial charge in [0, 0.05) is 11.1 Å². The first-order valence-electron chi connectivity index (χ1n) is 5.72. The van der Waals surface area contributed by atoms with Gasteiger partial charge in [0.1, 0.15) is 5.75 Å². The van der Waals surface area contributed by atoms with E-state index in [1.165, 1.54) is 18.2 Å². The molecule has 4 heteroatoms. The molecule has 19 heavy (non-hydrogen) atoms. The summed E-state index contributed by atoms with van der Waals surface area (Å²) in [6.07, 6.45) is 0. The van der Waals surface area contributed by atoms with E-state index in [-0.39, 0.29) is 11.5 Å². The lowest BCUT2D eigenvalue weighted by molar-refractivity contribution is -0.0498. The van der Waals surface area contributed by atoms with Gasteiger partial charge in [0.15, 0.2) is 5.78 Å². The van der Waals surface area contributed by atoms with Crippen LogP contribution in [0.1, 0.15) is 21.5 Å². The van der Waals surface area contributed by atoms with Crippen molar-refractivity contribution >= 4 is 5.78 Å². The molecule has 0 aliphatic heterocycles. The number of carbonyl (C=O) groups excluding carboxylic acids is 1. The van der Waals surface area contributed by atoms with E-state index in [4.69, 9.17) is 0 Å². The molecule has 0 spiro atoms. The maximum atomic E-state index is 12.2. The highest BCUT2D eigenvalue weighted by Gasteiger charge is 2.11. The summed E-state index contributed by atoms with van der Waals surface area (Å²) < 4.78 is 28.5. The fraction of sp³-hybridized carbons (Fsp3) is 0.133. The molecule has 2 rings (SSSR count). The largest absolute Gasteiger partial charge is 0.435 e. The van der Waals surface area contributed by atoms with Crippen LogP contribution in [0, 0.1) is 6.92 Å². The topological polar surface area (TPSA) is 26.3 Å². The highest BCUT2D eigenvalue weighted by atomic mass is 19.3. The summed E-state index contributed by atoms with van der Waals surface area (Å²) in [4.78, 5) is 12.2. The van der Waals surface area contributed by atoms with Gasteiger partial charge in [0.25, 0.3) is 0 Å². The van der Waals surface area contributed by atoms with Crippen molar-refractivity contribution in [3.63, 3.8) is 0 Å². The average Bonchev–Trinajstić information content (AvgIpc) is 2.37. The van der Waals surface area contributed by atoms with Gasteiger partial charge in [-0.25, -0.2) is 0 Å². The quantitative estimate of drug-likeness (QED) is 0.783. The molecule has 0 aliphatic rings. The summed E-state index contributed by atoms with van der Waals surface area (Å²) in [5.74, 6) is -0.239. The first-order valence-corrected chi connectivity index (χ1v) is 5.72. The Morgan fingerprint density at radius 2 is 1.68 bits per heavy atom. The predicted molar refractivity (Wildman–Crippen MR) is 67.7 cm³/mol. The molecule has 0 aliphatic carbocycles. The lowest BCUT2D eigenvalue weighted by atomic mass is 10.0. The van der Waals surface area contributed by atoms with Crippen LogP contribution in [0.4, 0.5) is 8.78 Å². The summed E-state index contributed by atoms with van der Waals surface area (Å²) >= 11 is 0. The predicted octanol–water partition coefficient (Wildman–Crippen LogP) is 3.83. The van der Waals surface area contributed by atoms with Crippen LogP contribution in [0.25, 0.3) is 0 Å². The number of benzene rings is 2.